The normalized spacial score (nSPS) is 10.2. The van der Waals surface area contributed by atoms with E-state index in [1.165, 1.54) is 12.1 Å². The van der Waals surface area contributed by atoms with Crippen molar-refractivity contribution in [2.75, 3.05) is 18.9 Å². The van der Waals surface area contributed by atoms with Crippen LogP contribution in [0.3, 0.4) is 0 Å². The number of nitrogen functional groups attached to an aromatic ring is 1. The Kier molecular flexibility index (Phi) is 6.83. The first kappa shape index (κ1) is 18.3. The zero-order valence-electron chi connectivity index (χ0n) is 13.9. The number of nitrogens with one attached hydrogen (secondary N) is 1. The van der Waals surface area contributed by atoms with Gasteiger partial charge in [0, 0.05) is 23.4 Å². The fourth-order valence-corrected chi connectivity index (χ4v) is 2.31. The Bertz CT molecular complexity index is 714. The third kappa shape index (κ3) is 5.84. The van der Waals surface area contributed by atoms with E-state index in [9.17, 15) is 14.7 Å². The van der Waals surface area contributed by atoms with Gasteiger partial charge in [0.1, 0.15) is 5.75 Å². The van der Waals surface area contributed by atoms with E-state index in [0.29, 0.717) is 18.8 Å². The Morgan fingerprint density at radius 3 is 2.32 bits per heavy atom. The molecule has 2 rings (SSSR count). The Morgan fingerprint density at radius 2 is 1.64 bits per heavy atom. The lowest BCUT2D eigenvalue weighted by Crippen LogP contribution is -2.30. The molecular weight excluding hydrogens is 320 g/mol. The molecule has 0 aliphatic heterocycles. The van der Waals surface area contributed by atoms with Gasteiger partial charge in [-0.05, 0) is 49.6 Å². The molecule has 0 unspecified atom stereocenters. The second-order valence-electron chi connectivity index (χ2n) is 5.57. The van der Waals surface area contributed by atoms with Crippen LogP contribution in [0, 0.1) is 0 Å². The molecule has 1 amide bonds. The summed E-state index contributed by atoms with van der Waals surface area (Å²) in [6, 6.07) is 13.2. The second-order valence-corrected chi connectivity index (χ2v) is 5.57. The van der Waals surface area contributed by atoms with Crippen LogP contribution < -0.4 is 20.9 Å². The first-order valence-electron chi connectivity index (χ1n) is 8.15. The summed E-state index contributed by atoms with van der Waals surface area (Å²) in [4.78, 5) is 23.0. The van der Waals surface area contributed by atoms with Gasteiger partial charge in [0.2, 0.25) is 0 Å². The number of carboxylic acid groups (broad SMARTS) is 1. The van der Waals surface area contributed by atoms with Crippen molar-refractivity contribution in [3.63, 3.8) is 0 Å². The van der Waals surface area contributed by atoms with Crippen LogP contribution in [0.25, 0.3) is 0 Å². The molecule has 25 heavy (non-hydrogen) atoms. The van der Waals surface area contributed by atoms with Crippen molar-refractivity contribution in [2.24, 2.45) is 0 Å². The van der Waals surface area contributed by atoms with Gasteiger partial charge in [-0.3, -0.25) is 4.79 Å². The zero-order chi connectivity index (χ0) is 18.1. The Balaban J connectivity index is 1.64. The summed E-state index contributed by atoms with van der Waals surface area (Å²) in [6.07, 6.45) is 2.53. The molecule has 0 saturated carbocycles. The smallest absolute Gasteiger partial charge is 0.251 e. The molecule has 0 atom stereocenters. The molecule has 2 aromatic carbocycles. The maximum absolute atomic E-state index is 12.0. The summed E-state index contributed by atoms with van der Waals surface area (Å²) in [6.45, 7) is 1.06. The van der Waals surface area contributed by atoms with Gasteiger partial charge in [-0.25, -0.2) is 0 Å². The average Bonchev–Trinajstić information content (AvgIpc) is 2.62. The summed E-state index contributed by atoms with van der Waals surface area (Å²) < 4.78 is 5.58. The predicted molar refractivity (Wildman–Crippen MR) is 93.3 cm³/mol. The van der Waals surface area contributed by atoms with Crippen molar-refractivity contribution in [2.45, 2.75) is 19.3 Å². The van der Waals surface area contributed by atoms with E-state index < -0.39 is 11.9 Å². The third-order valence-corrected chi connectivity index (χ3v) is 3.65. The highest BCUT2D eigenvalue weighted by Gasteiger charge is 2.10. The minimum absolute atomic E-state index is 0.100. The summed E-state index contributed by atoms with van der Waals surface area (Å²) in [5, 5.41) is 13.7. The molecular formula is C19H21N2O4-. The molecule has 0 bridgehead atoms. The zero-order valence-corrected chi connectivity index (χ0v) is 13.9. The lowest BCUT2D eigenvalue weighted by Gasteiger charge is -2.10. The third-order valence-electron chi connectivity index (χ3n) is 3.65. The van der Waals surface area contributed by atoms with Crippen molar-refractivity contribution in [3.05, 3.63) is 59.7 Å². The first-order valence-corrected chi connectivity index (χ1v) is 8.15. The highest BCUT2D eigenvalue weighted by atomic mass is 16.5. The van der Waals surface area contributed by atoms with Gasteiger partial charge in [-0.15, -0.1) is 0 Å². The number of amides is 1. The van der Waals surface area contributed by atoms with Crippen LogP contribution in [0.4, 0.5) is 5.69 Å². The summed E-state index contributed by atoms with van der Waals surface area (Å²) in [7, 11) is 0. The topological polar surface area (TPSA) is 104 Å². The summed E-state index contributed by atoms with van der Waals surface area (Å²) >= 11 is 0. The van der Waals surface area contributed by atoms with Gasteiger partial charge >= 0.3 is 0 Å². The van der Waals surface area contributed by atoms with Gasteiger partial charge in [0.25, 0.3) is 5.91 Å². The van der Waals surface area contributed by atoms with Crippen molar-refractivity contribution >= 4 is 17.6 Å². The minimum Gasteiger partial charge on any atom is -0.545 e. The predicted octanol–water partition coefficient (Wildman–Crippen LogP) is 1.61. The molecule has 0 aromatic heterocycles. The molecule has 0 radical (unpaired) electrons. The molecule has 6 nitrogen and oxygen atoms in total. The monoisotopic (exact) mass is 341 g/mol. The van der Waals surface area contributed by atoms with E-state index in [1.807, 2.05) is 12.1 Å². The number of benzene rings is 2. The van der Waals surface area contributed by atoms with Crippen molar-refractivity contribution in [1.82, 2.24) is 5.32 Å². The Morgan fingerprint density at radius 1 is 0.960 bits per heavy atom. The van der Waals surface area contributed by atoms with Crippen LogP contribution >= 0.6 is 0 Å². The van der Waals surface area contributed by atoms with Gasteiger partial charge in [-0.2, -0.15) is 0 Å². The molecule has 0 aliphatic carbocycles. The standard InChI is InChI=1S/C19H22N2O4/c20-14-8-10-15(11-9-14)25-13-5-1-4-12-21-18(22)16-6-2-3-7-17(16)19(23)24/h2-3,6-11H,1,4-5,12-13,20H2,(H,21,22)(H,23,24)/p-1. The van der Waals surface area contributed by atoms with Crippen molar-refractivity contribution in [3.8, 4) is 5.75 Å². The molecule has 0 fully saturated rings. The molecule has 0 saturated heterocycles. The number of carbonyl (C=O) groups is 2. The van der Waals surface area contributed by atoms with Crippen LogP contribution in [-0.4, -0.2) is 25.0 Å². The highest BCUT2D eigenvalue weighted by molar-refractivity contribution is 6.04. The van der Waals surface area contributed by atoms with E-state index in [1.54, 1.807) is 24.3 Å². The molecule has 2 aromatic rings. The van der Waals surface area contributed by atoms with E-state index in [2.05, 4.69) is 5.32 Å². The molecule has 132 valence electrons. The van der Waals surface area contributed by atoms with Crippen LogP contribution in [-0.2, 0) is 0 Å². The maximum Gasteiger partial charge on any atom is 0.251 e. The fourth-order valence-electron chi connectivity index (χ4n) is 2.31. The molecule has 0 spiro atoms. The molecule has 0 aliphatic rings. The number of rotatable bonds is 9. The number of hydrogen-bond acceptors (Lipinski definition) is 5. The maximum atomic E-state index is 12.0. The van der Waals surface area contributed by atoms with Crippen molar-refractivity contribution in [1.29, 1.82) is 0 Å². The van der Waals surface area contributed by atoms with Crippen LogP contribution in [0.15, 0.2) is 48.5 Å². The summed E-state index contributed by atoms with van der Waals surface area (Å²) in [5.74, 6) is -0.982. The van der Waals surface area contributed by atoms with Gasteiger partial charge in [0.15, 0.2) is 0 Å². The average molecular weight is 341 g/mol. The van der Waals surface area contributed by atoms with Crippen LogP contribution in [0.1, 0.15) is 40.0 Å². The Hall–Kier alpha value is -3.02. The van der Waals surface area contributed by atoms with Gasteiger partial charge < -0.3 is 25.7 Å². The number of aromatic carboxylic acids is 1. The number of carboxylic acids is 1. The molecule has 6 heteroatoms. The lowest BCUT2D eigenvalue weighted by atomic mass is 10.1. The quantitative estimate of drug-likeness (QED) is 0.532. The van der Waals surface area contributed by atoms with E-state index >= 15 is 0 Å². The second kappa shape index (κ2) is 9.32. The molecule has 3 N–H and O–H groups in total. The largest absolute Gasteiger partial charge is 0.545 e. The minimum atomic E-state index is -1.36. The van der Waals surface area contributed by atoms with Crippen LogP contribution in [0.5, 0.6) is 5.75 Å². The number of nitrogens with two attached hydrogens (primary N) is 1. The number of unbranched alkanes of at least 4 members (excludes halogenated alkanes) is 2. The summed E-state index contributed by atoms with van der Waals surface area (Å²) in [5.41, 5.74) is 6.32. The number of ether oxygens (including phenoxy) is 1. The number of hydrogen-bond donors (Lipinski definition) is 2. The van der Waals surface area contributed by atoms with Crippen LogP contribution in [0.2, 0.25) is 0 Å². The van der Waals surface area contributed by atoms with E-state index in [4.69, 9.17) is 10.5 Å². The SMILES string of the molecule is Nc1ccc(OCCCCCNC(=O)c2ccccc2C(=O)[O-])cc1. The van der Waals surface area contributed by atoms with Gasteiger partial charge in [-0.1, -0.05) is 18.2 Å². The lowest BCUT2D eigenvalue weighted by molar-refractivity contribution is -0.255. The van der Waals surface area contributed by atoms with Gasteiger partial charge in [0.05, 0.1) is 12.6 Å². The number of carbonyl (C=O) groups excluding carboxylic acids is 2. The van der Waals surface area contributed by atoms with Crippen molar-refractivity contribution < 1.29 is 19.4 Å². The van der Waals surface area contributed by atoms with E-state index in [-0.39, 0.29) is 11.1 Å². The molecule has 0 heterocycles. The highest BCUT2D eigenvalue weighted by Crippen LogP contribution is 2.13. The van der Waals surface area contributed by atoms with E-state index in [0.717, 1.165) is 25.0 Å². The first-order chi connectivity index (χ1) is 12.1. The Labute approximate surface area is 146 Å². The fraction of sp³-hybridized carbons (Fsp3) is 0.263. The number of anilines is 1.